The van der Waals surface area contributed by atoms with Crippen LogP contribution >= 0.6 is 11.3 Å². The monoisotopic (exact) mass is 424 g/mol. The lowest BCUT2D eigenvalue weighted by atomic mass is 10.1. The average Bonchev–Trinajstić information content (AvgIpc) is 2.95. The first-order valence-corrected chi connectivity index (χ1v) is 12.0. The maximum Gasteiger partial charge on any atom is 0.141 e. The Morgan fingerprint density at radius 1 is 0.900 bits per heavy atom. The van der Waals surface area contributed by atoms with Crippen LogP contribution in [-0.4, -0.2) is 36.1 Å². The minimum absolute atomic E-state index is 0.180. The first-order chi connectivity index (χ1) is 14.6. The van der Waals surface area contributed by atoms with E-state index in [4.69, 9.17) is 9.97 Å². The number of nitrogens with zero attached hydrogens (tertiary/aromatic N) is 4. The SMILES string of the molecule is CC(C)c1nc(N2CCN(c3ccc(F)cc3)CC2)c2c3c(sc2n1)CCCCC3. The molecule has 2 aromatic heterocycles. The molecule has 30 heavy (non-hydrogen) atoms. The molecule has 0 radical (unpaired) electrons. The maximum absolute atomic E-state index is 13.3. The molecular formula is C24H29FN4S. The number of benzene rings is 1. The number of halogens is 1. The molecule has 4 nitrogen and oxygen atoms in total. The van der Waals surface area contributed by atoms with Crippen molar-refractivity contribution >= 4 is 33.1 Å². The van der Waals surface area contributed by atoms with Gasteiger partial charge in [-0.05, 0) is 55.5 Å². The van der Waals surface area contributed by atoms with Crippen LogP contribution in [0.3, 0.4) is 0 Å². The summed E-state index contributed by atoms with van der Waals surface area (Å²) in [6, 6.07) is 6.85. The van der Waals surface area contributed by atoms with Gasteiger partial charge in [-0.1, -0.05) is 20.3 Å². The van der Waals surface area contributed by atoms with E-state index in [-0.39, 0.29) is 5.82 Å². The van der Waals surface area contributed by atoms with Gasteiger partial charge in [0, 0.05) is 42.7 Å². The third-order valence-electron chi connectivity index (χ3n) is 6.35. The minimum atomic E-state index is -0.180. The lowest BCUT2D eigenvalue weighted by Crippen LogP contribution is -2.47. The average molecular weight is 425 g/mol. The Balaban J connectivity index is 1.48. The van der Waals surface area contributed by atoms with Crippen LogP contribution in [-0.2, 0) is 12.8 Å². The van der Waals surface area contributed by atoms with Crippen molar-refractivity contribution in [2.45, 2.75) is 51.9 Å². The van der Waals surface area contributed by atoms with E-state index in [1.54, 1.807) is 12.1 Å². The van der Waals surface area contributed by atoms with Crippen molar-refractivity contribution in [3.8, 4) is 0 Å². The van der Waals surface area contributed by atoms with Crippen LogP contribution in [0, 0.1) is 5.82 Å². The first-order valence-electron chi connectivity index (χ1n) is 11.2. The number of piperazine rings is 1. The van der Waals surface area contributed by atoms with Crippen molar-refractivity contribution in [1.29, 1.82) is 0 Å². The van der Waals surface area contributed by atoms with Gasteiger partial charge in [-0.15, -0.1) is 11.3 Å². The molecule has 6 heteroatoms. The number of aryl methyl sites for hydroxylation is 2. The third-order valence-corrected chi connectivity index (χ3v) is 7.54. The van der Waals surface area contributed by atoms with Gasteiger partial charge in [0.1, 0.15) is 22.3 Å². The lowest BCUT2D eigenvalue weighted by Gasteiger charge is -2.37. The van der Waals surface area contributed by atoms with Gasteiger partial charge >= 0.3 is 0 Å². The summed E-state index contributed by atoms with van der Waals surface area (Å²) in [5.41, 5.74) is 2.61. The molecule has 1 fully saturated rings. The van der Waals surface area contributed by atoms with E-state index in [0.29, 0.717) is 5.92 Å². The topological polar surface area (TPSA) is 32.3 Å². The summed E-state index contributed by atoms with van der Waals surface area (Å²) in [6.07, 6.45) is 6.21. The maximum atomic E-state index is 13.3. The van der Waals surface area contributed by atoms with Crippen LogP contribution in [0.1, 0.15) is 55.3 Å². The molecule has 1 aliphatic heterocycles. The van der Waals surface area contributed by atoms with E-state index in [9.17, 15) is 4.39 Å². The number of rotatable bonds is 3. The van der Waals surface area contributed by atoms with Gasteiger partial charge in [0.05, 0.1) is 5.39 Å². The Morgan fingerprint density at radius 2 is 1.60 bits per heavy atom. The molecule has 1 saturated heterocycles. The Hall–Kier alpha value is -2.21. The first kappa shape index (κ1) is 19.7. The molecule has 0 saturated carbocycles. The van der Waals surface area contributed by atoms with Crippen LogP contribution in [0.15, 0.2) is 24.3 Å². The largest absolute Gasteiger partial charge is 0.368 e. The van der Waals surface area contributed by atoms with E-state index in [2.05, 4.69) is 23.6 Å². The molecule has 0 N–H and O–H groups in total. The highest BCUT2D eigenvalue weighted by Crippen LogP contribution is 2.40. The van der Waals surface area contributed by atoms with Crippen LogP contribution < -0.4 is 9.80 Å². The van der Waals surface area contributed by atoms with Crippen LogP contribution in [0.5, 0.6) is 0 Å². The zero-order chi connectivity index (χ0) is 20.7. The summed E-state index contributed by atoms with van der Waals surface area (Å²) in [6.45, 7) is 8.03. The van der Waals surface area contributed by atoms with Crippen molar-refractivity contribution in [1.82, 2.24) is 9.97 Å². The third kappa shape index (κ3) is 3.66. The number of anilines is 2. The molecule has 0 spiro atoms. The Morgan fingerprint density at radius 3 is 2.33 bits per heavy atom. The lowest BCUT2D eigenvalue weighted by molar-refractivity contribution is 0.624. The molecule has 0 amide bonds. The highest BCUT2D eigenvalue weighted by molar-refractivity contribution is 7.19. The Kier molecular flexibility index (Phi) is 5.35. The van der Waals surface area contributed by atoms with Crippen LogP contribution in [0.2, 0.25) is 0 Å². The quantitative estimate of drug-likeness (QED) is 0.516. The summed E-state index contributed by atoms with van der Waals surface area (Å²) >= 11 is 1.90. The molecule has 0 bridgehead atoms. The summed E-state index contributed by atoms with van der Waals surface area (Å²) in [5.74, 6) is 2.23. The van der Waals surface area contributed by atoms with Crippen molar-refractivity contribution in [3.05, 3.63) is 46.3 Å². The van der Waals surface area contributed by atoms with Gasteiger partial charge in [-0.3, -0.25) is 0 Å². The van der Waals surface area contributed by atoms with Gasteiger partial charge in [0.15, 0.2) is 0 Å². The number of hydrogen-bond donors (Lipinski definition) is 0. The number of fused-ring (bicyclic) bond motifs is 3. The highest BCUT2D eigenvalue weighted by Gasteiger charge is 2.26. The molecule has 0 atom stereocenters. The standard InChI is InChI=1S/C24H29FN4S/c1-16(2)22-26-23(21-19-6-4-3-5-7-20(19)30-24(21)27-22)29-14-12-28(13-15-29)18-10-8-17(25)9-11-18/h8-11,16H,3-7,12-15H2,1-2H3. The molecule has 2 aliphatic rings. The van der Waals surface area contributed by atoms with E-state index >= 15 is 0 Å². The number of thiophene rings is 1. The normalized spacial score (nSPS) is 17.5. The van der Waals surface area contributed by atoms with E-state index < -0.39 is 0 Å². The van der Waals surface area contributed by atoms with Crippen molar-refractivity contribution < 1.29 is 4.39 Å². The second-order valence-electron chi connectivity index (χ2n) is 8.76. The fraction of sp³-hybridized carbons (Fsp3) is 0.500. The molecule has 1 aromatic carbocycles. The van der Waals surface area contributed by atoms with Crippen molar-refractivity contribution in [2.75, 3.05) is 36.0 Å². The second-order valence-corrected chi connectivity index (χ2v) is 9.84. The predicted molar refractivity (Wildman–Crippen MR) is 124 cm³/mol. The smallest absolute Gasteiger partial charge is 0.141 e. The van der Waals surface area contributed by atoms with E-state index in [1.807, 2.05) is 23.5 Å². The zero-order valence-corrected chi connectivity index (χ0v) is 18.6. The van der Waals surface area contributed by atoms with Crippen molar-refractivity contribution in [2.24, 2.45) is 0 Å². The van der Waals surface area contributed by atoms with Gasteiger partial charge in [-0.2, -0.15) is 0 Å². The van der Waals surface area contributed by atoms with Gasteiger partial charge in [0.25, 0.3) is 0 Å². The fourth-order valence-corrected chi connectivity index (χ4v) is 5.91. The molecule has 0 unspecified atom stereocenters. The predicted octanol–water partition coefficient (Wildman–Crippen LogP) is 5.55. The number of aromatic nitrogens is 2. The van der Waals surface area contributed by atoms with Crippen molar-refractivity contribution in [3.63, 3.8) is 0 Å². The molecule has 158 valence electrons. The fourth-order valence-electron chi connectivity index (χ4n) is 4.65. The molecule has 5 rings (SSSR count). The van der Waals surface area contributed by atoms with Gasteiger partial charge in [-0.25, -0.2) is 14.4 Å². The molecule has 1 aliphatic carbocycles. The summed E-state index contributed by atoms with van der Waals surface area (Å²) < 4.78 is 13.3. The van der Waals surface area contributed by atoms with Gasteiger partial charge in [0.2, 0.25) is 0 Å². The summed E-state index contributed by atoms with van der Waals surface area (Å²) in [4.78, 5) is 17.6. The summed E-state index contributed by atoms with van der Waals surface area (Å²) in [7, 11) is 0. The minimum Gasteiger partial charge on any atom is -0.368 e. The second kappa shape index (κ2) is 8.14. The van der Waals surface area contributed by atoms with Gasteiger partial charge < -0.3 is 9.80 Å². The zero-order valence-electron chi connectivity index (χ0n) is 17.8. The van der Waals surface area contributed by atoms with E-state index in [0.717, 1.165) is 49.9 Å². The van der Waals surface area contributed by atoms with Crippen LogP contribution in [0.4, 0.5) is 15.9 Å². The summed E-state index contributed by atoms with van der Waals surface area (Å²) in [5, 5.41) is 1.32. The molecule has 3 heterocycles. The van der Waals surface area contributed by atoms with Crippen LogP contribution in [0.25, 0.3) is 10.2 Å². The molecule has 3 aromatic rings. The van der Waals surface area contributed by atoms with E-state index in [1.165, 1.54) is 46.3 Å². The Bertz CT molecular complexity index is 1040. The number of hydrogen-bond acceptors (Lipinski definition) is 5. The Labute approximate surface area is 181 Å². The molecular weight excluding hydrogens is 395 g/mol. The highest BCUT2D eigenvalue weighted by atomic mass is 32.1.